The average molecular weight is 467 g/mol. The maximum absolute atomic E-state index is 13.2. The summed E-state index contributed by atoms with van der Waals surface area (Å²) in [6.45, 7) is 0.932. The Morgan fingerprint density at radius 2 is 2.19 bits per heavy atom. The third kappa shape index (κ3) is 4.28. The first kappa shape index (κ1) is 21.7. The third-order valence-corrected chi connectivity index (χ3v) is 8.06. The molecule has 1 atom stereocenters. The van der Waals surface area contributed by atoms with Crippen molar-refractivity contribution < 1.29 is 27.5 Å². The maximum Gasteiger partial charge on any atom is 0.255 e. The van der Waals surface area contributed by atoms with Gasteiger partial charge in [0.25, 0.3) is 11.8 Å². The van der Waals surface area contributed by atoms with Crippen molar-refractivity contribution in [3.05, 3.63) is 34.3 Å². The molecule has 166 valence electrons. The number of carbonyl (C=O) groups excluding carboxylic acids is 2. The maximum atomic E-state index is 13.2. The highest BCUT2D eigenvalue weighted by atomic mass is 32.2. The van der Waals surface area contributed by atoms with Crippen LogP contribution in [0.25, 0.3) is 0 Å². The summed E-state index contributed by atoms with van der Waals surface area (Å²) in [6, 6.07) is 4.02. The lowest BCUT2D eigenvalue weighted by Gasteiger charge is -2.25. The summed E-state index contributed by atoms with van der Waals surface area (Å²) in [7, 11) is -2.49. The van der Waals surface area contributed by atoms with Crippen LogP contribution in [0.5, 0.6) is 5.75 Å². The van der Waals surface area contributed by atoms with Gasteiger partial charge in [0, 0.05) is 24.4 Å². The van der Waals surface area contributed by atoms with Crippen LogP contribution in [-0.4, -0.2) is 55.9 Å². The lowest BCUT2D eigenvalue weighted by atomic mass is 10.2. The Balaban J connectivity index is 1.53. The highest BCUT2D eigenvalue weighted by Crippen LogP contribution is 2.32. The summed E-state index contributed by atoms with van der Waals surface area (Å²) in [5.41, 5.74) is 6.12. The molecule has 0 aliphatic carbocycles. The predicted octanol–water partition coefficient (Wildman–Crippen LogP) is 1.12. The Morgan fingerprint density at radius 3 is 2.87 bits per heavy atom. The standard InChI is InChI=1S/C19H22N4O6S2/c1-28-14-5-4-11(9-12(14)17(20)24)31(26,27)23-7-6-13-16(10-23)30-19(21-13)22-18(25)15-3-2-8-29-15/h4-5,9,15H,2-3,6-8,10H2,1H3,(H2,20,24)(H,21,22,25). The molecular weight excluding hydrogens is 444 g/mol. The van der Waals surface area contributed by atoms with Gasteiger partial charge < -0.3 is 15.2 Å². The van der Waals surface area contributed by atoms with Crippen molar-refractivity contribution in [2.45, 2.75) is 36.8 Å². The number of methoxy groups -OCH3 is 1. The number of fused-ring (bicyclic) bond motifs is 1. The molecule has 12 heteroatoms. The van der Waals surface area contributed by atoms with Crippen molar-refractivity contribution in [3.8, 4) is 5.75 Å². The molecule has 0 bridgehead atoms. The molecule has 31 heavy (non-hydrogen) atoms. The van der Waals surface area contributed by atoms with Crippen molar-refractivity contribution in [3.63, 3.8) is 0 Å². The fourth-order valence-electron chi connectivity index (χ4n) is 3.59. The molecule has 1 aromatic carbocycles. The van der Waals surface area contributed by atoms with Crippen molar-refractivity contribution in [1.82, 2.24) is 9.29 Å². The van der Waals surface area contributed by atoms with E-state index in [2.05, 4.69) is 10.3 Å². The summed E-state index contributed by atoms with van der Waals surface area (Å²) in [4.78, 5) is 29.1. The lowest BCUT2D eigenvalue weighted by Crippen LogP contribution is -2.35. The van der Waals surface area contributed by atoms with Crippen LogP contribution in [0, 0.1) is 0 Å². The van der Waals surface area contributed by atoms with E-state index in [9.17, 15) is 18.0 Å². The number of nitrogens with two attached hydrogens (primary N) is 1. The number of benzene rings is 1. The van der Waals surface area contributed by atoms with Crippen LogP contribution in [0.3, 0.4) is 0 Å². The van der Waals surface area contributed by atoms with Crippen LogP contribution in [-0.2, 0) is 32.5 Å². The minimum atomic E-state index is -3.87. The number of carbonyl (C=O) groups is 2. The summed E-state index contributed by atoms with van der Waals surface area (Å²) in [5.74, 6) is -0.796. The molecule has 2 amide bonds. The Labute approximate surface area is 183 Å². The molecule has 1 aromatic heterocycles. The van der Waals surface area contributed by atoms with Crippen LogP contribution < -0.4 is 15.8 Å². The van der Waals surface area contributed by atoms with Crippen molar-refractivity contribution >= 4 is 38.3 Å². The largest absolute Gasteiger partial charge is 0.496 e. The molecule has 2 aliphatic rings. The van der Waals surface area contributed by atoms with Gasteiger partial charge in [0.15, 0.2) is 5.13 Å². The normalized spacial score (nSPS) is 19.1. The van der Waals surface area contributed by atoms with Gasteiger partial charge in [0.2, 0.25) is 10.0 Å². The van der Waals surface area contributed by atoms with Gasteiger partial charge in [-0.3, -0.25) is 14.9 Å². The van der Waals surface area contributed by atoms with E-state index in [1.165, 1.54) is 41.0 Å². The molecule has 2 aliphatic heterocycles. The van der Waals surface area contributed by atoms with Crippen molar-refractivity contribution in [1.29, 1.82) is 0 Å². The SMILES string of the molecule is COc1ccc(S(=O)(=O)N2CCc3nc(NC(=O)C4CCCO4)sc3C2)cc1C(N)=O. The summed E-state index contributed by atoms with van der Waals surface area (Å²) in [6.07, 6.45) is 1.48. The van der Waals surface area contributed by atoms with E-state index in [4.69, 9.17) is 15.2 Å². The quantitative estimate of drug-likeness (QED) is 0.650. The van der Waals surface area contributed by atoms with E-state index in [1.807, 2.05) is 0 Å². The smallest absolute Gasteiger partial charge is 0.255 e. The summed E-state index contributed by atoms with van der Waals surface area (Å²) in [5, 5.41) is 3.20. The molecule has 10 nitrogen and oxygen atoms in total. The fourth-order valence-corrected chi connectivity index (χ4v) is 6.13. The fraction of sp³-hybridized carbons (Fsp3) is 0.421. The number of amides is 2. The number of hydrogen-bond donors (Lipinski definition) is 2. The van der Waals surface area contributed by atoms with Gasteiger partial charge >= 0.3 is 0 Å². The Hall–Kier alpha value is -2.54. The number of nitrogens with zero attached hydrogens (tertiary/aromatic N) is 2. The highest BCUT2D eigenvalue weighted by molar-refractivity contribution is 7.89. The van der Waals surface area contributed by atoms with E-state index in [0.29, 0.717) is 24.6 Å². The molecule has 1 unspecified atom stereocenters. The third-order valence-electron chi connectivity index (χ3n) is 5.22. The first-order chi connectivity index (χ1) is 14.8. The number of primary amides is 1. The van der Waals surface area contributed by atoms with E-state index in [0.717, 1.165) is 17.0 Å². The number of rotatable bonds is 6. The number of thiazole rings is 1. The predicted molar refractivity (Wildman–Crippen MR) is 113 cm³/mol. The summed E-state index contributed by atoms with van der Waals surface area (Å²) >= 11 is 1.25. The topological polar surface area (TPSA) is 141 Å². The highest BCUT2D eigenvalue weighted by Gasteiger charge is 2.32. The molecule has 0 spiro atoms. The molecule has 0 radical (unpaired) electrons. The number of nitrogens with one attached hydrogen (secondary N) is 1. The second-order valence-electron chi connectivity index (χ2n) is 7.19. The molecule has 0 saturated carbocycles. The van der Waals surface area contributed by atoms with Crippen molar-refractivity contribution in [2.24, 2.45) is 5.73 Å². The van der Waals surface area contributed by atoms with Crippen LogP contribution in [0.1, 0.15) is 33.8 Å². The molecule has 1 saturated heterocycles. The van der Waals surface area contributed by atoms with Crippen LogP contribution >= 0.6 is 11.3 Å². The van der Waals surface area contributed by atoms with Gasteiger partial charge in [-0.2, -0.15) is 4.31 Å². The minimum absolute atomic E-state index is 0.00167. The van der Waals surface area contributed by atoms with E-state index >= 15 is 0 Å². The van der Waals surface area contributed by atoms with E-state index in [1.54, 1.807) is 0 Å². The molecule has 1 fully saturated rings. The second kappa shape index (κ2) is 8.54. The number of anilines is 1. The van der Waals surface area contributed by atoms with E-state index < -0.39 is 22.0 Å². The van der Waals surface area contributed by atoms with Gasteiger partial charge in [-0.25, -0.2) is 13.4 Å². The van der Waals surface area contributed by atoms with Crippen molar-refractivity contribution in [2.75, 3.05) is 25.6 Å². The van der Waals surface area contributed by atoms with Gasteiger partial charge in [-0.1, -0.05) is 0 Å². The number of aromatic nitrogens is 1. The number of hydrogen-bond acceptors (Lipinski definition) is 8. The second-order valence-corrected chi connectivity index (χ2v) is 10.2. The van der Waals surface area contributed by atoms with Gasteiger partial charge in [0.05, 0.1) is 29.8 Å². The van der Waals surface area contributed by atoms with E-state index in [-0.39, 0.29) is 35.2 Å². The van der Waals surface area contributed by atoms with Gasteiger partial charge in [0.1, 0.15) is 11.9 Å². The Kier molecular flexibility index (Phi) is 5.97. The number of sulfonamides is 1. The molecule has 2 aromatic rings. The summed E-state index contributed by atoms with van der Waals surface area (Å²) < 4.78 is 38.1. The Morgan fingerprint density at radius 1 is 1.39 bits per heavy atom. The zero-order valence-electron chi connectivity index (χ0n) is 16.8. The Bertz CT molecular complexity index is 1120. The average Bonchev–Trinajstić information content (AvgIpc) is 3.42. The molecular formula is C19H22N4O6S2. The van der Waals surface area contributed by atoms with Gasteiger partial charge in [-0.05, 0) is 31.0 Å². The molecule has 3 heterocycles. The zero-order valence-corrected chi connectivity index (χ0v) is 18.4. The first-order valence-electron chi connectivity index (χ1n) is 9.68. The number of ether oxygens (including phenoxy) is 2. The zero-order chi connectivity index (χ0) is 22.2. The first-order valence-corrected chi connectivity index (χ1v) is 11.9. The van der Waals surface area contributed by atoms with Crippen LogP contribution in [0.2, 0.25) is 0 Å². The lowest BCUT2D eigenvalue weighted by molar-refractivity contribution is -0.124. The van der Waals surface area contributed by atoms with Crippen LogP contribution in [0.4, 0.5) is 5.13 Å². The minimum Gasteiger partial charge on any atom is -0.496 e. The monoisotopic (exact) mass is 466 g/mol. The van der Waals surface area contributed by atoms with Crippen LogP contribution in [0.15, 0.2) is 23.1 Å². The molecule has 4 rings (SSSR count). The molecule has 3 N–H and O–H groups in total. The van der Waals surface area contributed by atoms with Gasteiger partial charge in [-0.15, -0.1) is 11.3 Å².